The van der Waals surface area contributed by atoms with E-state index in [9.17, 15) is 31.1 Å². The fourth-order valence-electron chi connectivity index (χ4n) is 4.76. The lowest BCUT2D eigenvalue weighted by Gasteiger charge is -2.29. The Morgan fingerprint density at radius 3 is 1.77 bits per heavy atom. The van der Waals surface area contributed by atoms with Crippen molar-refractivity contribution in [3.05, 3.63) is 82.4 Å². The molecule has 0 saturated heterocycles. The van der Waals surface area contributed by atoms with Crippen LogP contribution >= 0.6 is 0 Å². The Hall–Kier alpha value is -3.69. The van der Waals surface area contributed by atoms with Crippen molar-refractivity contribution in [2.24, 2.45) is 0 Å². The minimum absolute atomic E-state index is 0.0775. The predicted octanol–water partition coefficient (Wildman–Crippen LogP) is 7.87. The van der Waals surface area contributed by atoms with Crippen molar-refractivity contribution < 1.29 is 45.3 Å². The van der Waals surface area contributed by atoms with E-state index in [1.807, 2.05) is 0 Å². The summed E-state index contributed by atoms with van der Waals surface area (Å²) >= 11 is 0. The van der Waals surface area contributed by atoms with Crippen LogP contribution in [-0.2, 0) is 4.74 Å². The first-order valence-electron chi connectivity index (χ1n) is 12.6. The van der Waals surface area contributed by atoms with Crippen molar-refractivity contribution >= 4 is 5.97 Å². The Morgan fingerprint density at radius 2 is 1.18 bits per heavy atom. The highest BCUT2D eigenvalue weighted by Crippen LogP contribution is 2.38. The van der Waals surface area contributed by atoms with E-state index >= 15 is 0 Å². The van der Waals surface area contributed by atoms with E-state index in [2.05, 4.69) is 0 Å². The number of ether oxygens (including phenoxy) is 3. The number of rotatable bonds is 8. The standard InChI is InChI=1S/C29H26F6O4/c1-3-37-21-13-11-17(23(30)27(21)34)15-5-7-16(8-6-15)39-29(36)20-10-9-18(24(31)26(20)33)19-12-14-22(38-4-2)28(35)25(19)32/h9-16H,3-8H2,1-2H3. The minimum atomic E-state index is -1.56. The first-order chi connectivity index (χ1) is 18.7. The lowest BCUT2D eigenvalue weighted by atomic mass is 9.82. The number of hydrogen-bond donors (Lipinski definition) is 0. The molecule has 4 rings (SSSR count). The summed E-state index contributed by atoms with van der Waals surface area (Å²) in [4.78, 5) is 12.6. The molecule has 0 radical (unpaired) electrons. The molecular formula is C29H26F6O4. The molecule has 1 fully saturated rings. The van der Waals surface area contributed by atoms with Crippen LogP contribution in [0, 0.1) is 34.9 Å². The highest BCUT2D eigenvalue weighted by molar-refractivity contribution is 5.90. The number of hydrogen-bond acceptors (Lipinski definition) is 4. The van der Waals surface area contributed by atoms with E-state index in [0.717, 1.165) is 24.3 Å². The number of esters is 1. The second kappa shape index (κ2) is 12.0. The molecule has 3 aromatic carbocycles. The van der Waals surface area contributed by atoms with Crippen molar-refractivity contribution in [3.63, 3.8) is 0 Å². The van der Waals surface area contributed by atoms with Crippen LogP contribution in [0.2, 0.25) is 0 Å². The zero-order valence-corrected chi connectivity index (χ0v) is 21.3. The van der Waals surface area contributed by atoms with Gasteiger partial charge in [0.05, 0.1) is 18.8 Å². The molecule has 4 nitrogen and oxygen atoms in total. The molecule has 0 unspecified atom stereocenters. The zero-order chi connectivity index (χ0) is 28.3. The smallest absolute Gasteiger partial charge is 0.341 e. The molecule has 0 amide bonds. The lowest BCUT2D eigenvalue weighted by molar-refractivity contribution is 0.0188. The fraction of sp³-hybridized carbons (Fsp3) is 0.345. The Morgan fingerprint density at radius 1 is 0.667 bits per heavy atom. The Kier molecular flexibility index (Phi) is 8.72. The van der Waals surface area contributed by atoms with Crippen LogP contribution < -0.4 is 9.47 Å². The maximum atomic E-state index is 14.9. The monoisotopic (exact) mass is 552 g/mol. The van der Waals surface area contributed by atoms with Crippen LogP contribution in [0.1, 0.15) is 61.4 Å². The SMILES string of the molecule is CCOc1ccc(-c2ccc(C(=O)OC3CCC(c4ccc(OCC)c(F)c4F)CC3)c(F)c2F)c(F)c1F. The van der Waals surface area contributed by atoms with Crippen molar-refractivity contribution in [1.29, 1.82) is 0 Å². The van der Waals surface area contributed by atoms with Crippen molar-refractivity contribution in [2.75, 3.05) is 13.2 Å². The van der Waals surface area contributed by atoms with Gasteiger partial charge >= 0.3 is 5.97 Å². The molecular weight excluding hydrogens is 526 g/mol. The largest absolute Gasteiger partial charge is 0.491 e. The van der Waals surface area contributed by atoms with E-state index in [1.165, 1.54) is 12.1 Å². The van der Waals surface area contributed by atoms with Crippen molar-refractivity contribution in [3.8, 4) is 22.6 Å². The average molecular weight is 553 g/mol. The van der Waals surface area contributed by atoms with Crippen molar-refractivity contribution in [2.45, 2.75) is 51.6 Å². The molecule has 0 bridgehead atoms. The maximum Gasteiger partial charge on any atom is 0.341 e. The van der Waals surface area contributed by atoms with Gasteiger partial charge in [0, 0.05) is 11.1 Å². The maximum absolute atomic E-state index is 14.9. The van der Waals surface area contributed by atoms with Crippen LogP contribution in [0.25, 0.3) is 11.1 Å². The summed E-state index contributed by atoms with van der Waals surface area (Å²) in [7, 11) is 0. The Balaban J connectivity index is 1.44. The molecule has 0 N–H and O–H groups in total. The number of carbonyl (C=O) groups is 1. The third kappa shape index (κ3) is 5.69. The van der Waals surface area contributed by atoms with Crippen LogP contribution in [0.15, 0.2) is 36.4 Å². The topological polar surface area (TPSA) is 44.8 Å². The second-order valence-electron chi connectivity index (χ2n) is 9.05. The van der Waals surface area contributed by atoms with Gasteiger partial charge in [-0.15, -0.1) is 0 Å². The van der Waals surface area contributed by atoms with Crippen LogP contribution in [0.3, 0.4) is 0 Å². The zero-order valence-electron chi connectivity index (χ0n) is 21.3. The van der Waals surface area contributed by atoms with E-state index < -0.39 is 63.7 Å². The summed E-state index contributed by atoms with van der Waals surface area (Å²) in [6, 6.07) is 6.90. The number of benzene rings is 3. The van der Waals surface area contributed by atoms with Gasteiger partial charge in [-0.05, 0) is 75.3 Å². The molecule has 1 aliphatic carbocycles. The minimum Gasteiger partial charge on any atom is -0.491 e. The first-order valence-corrected chi connectivity index (χ1v) is 12.6. The van der Waals surface area contributed by atoms with Crippen LogP contribution in [0.4, 0.5) is 26.3 Å². The van der Waals surface area contributed by atoms with Gasteiger partial charge in [-0.3, -0.25) is 0 Å². The highest BCUT2D eigenvalue weighted by atomic mass is 19.2. The Labute approximate surface area is 221 Å². The second-order valence-corrected chi connectivity index (χ2v) is 9.05. The molecule has 0 atom stereocenters. The van der Waals surface area contributed by atoms with Gasteiger partial charge in [0.25, 0.3) is 0 Å². The third-order valence-corrected chi connectivity index (χ3v) is 6.70. The number of carbonyl (C=O) groups excluding carboxylic acids is 1. The summed E-state index contributed by atoms with van der Waals surface area (Å²) in [5.41, 5.74) is -1.62. The normalized spacial score (nSPS) is 17.1. The van der Waals surface area contributed by atoms with E-state index in [-0.39, 0.29) is 36.2 Å². The number of halogens is 6. The molecule has 3 aromatic rings. The molecule has 39 heavy (non-hydrogen) atoms. The molecule has 10 heteroatoms. The van der Waals surface area contributed by atoms with Gasteiger partial charge in [0.2, 0.25) is 11.6 Å². The first kappa shape index (κ1) is 28.3. The Bertz CT molecular complexity index is 1370. The summed E-state index contributed by atoms with van der Waals surface area (Å²) < 4.78 is 103. The fourth-order valence-corrected chi connectivity index (χ4v) is 4.76. The van der Waals surface area contributed by atoms with Crippen LogP contribution in [-0.4, -0.2) is 25.3 Å². The highest BCUT2D eigenvalue weighted by Gasteiger charge is 2.30. The quantitative estimate of drug-likeness (QED) is 0.211. The van der Waals surface area contributed by atoms with E-state index in [4.69, 9.17) is 14.2 Å². The molecule has 0 spiro atoms. The van der Waals surface area contributed by atoms with Gasteiger partial charge in [-0.25, -0.2) is 22.4 Å². The molecule has 208 valence electrons. The summed E-state index contributed by atoms with van der Waals surface area (Å²) in [6.07, 6.45) is 0.693. The van der Waals surface area contributed by atoms with E-state index in [1.54, 1.807) is 13.8 Å². The lowest BCUT2D eigenvalue weighted by Crippen LogP contribution is -2.25. The third-order valence-electron chi connectivity index (χ3n) is 6.70. The molecule has 1 saturated carbocycles. The van der Waals surface area contributed by atoms with Gasteiger partial charge in [0.1, 0.15) is 6.10 Å². The van der Waals surface area contributed by atoms with Gasteiger partial charge in [0.15, 0.2) is 34.8 Å². The molecule has 0 aliphatic heterocycles. The predicted molar refractivity (Wildman–Crippen MR) is 131 cm³/mol. The van der Waals surface area contributed by atoms with Gasteiger partial charge in [-0.2, -0.15) is 8.78 Å². The molecule has 0 heterocycles. The van der Waals surface area contributed by atoms with E-state index in [0.29, 0.717) is 25.7 Å². The summed E-state index contributed by atoms with van der Waals surface area (Å²) in [6.45, 7) is 3.50. The summed E-state index contributed by atoms with van der Waals surface area (Å²) in [5.74, 6) is -9.89. The van der Waals surface area contributed by atoms with Gasteiger partial charge < -0.3 is 14.2 Å². The van der Waals surface area contributed by atoms with Gasteiger partial charge in [-0.1, -0.05) is 12.1 Å². The molecule has 0 aromatic heterocycles. The molecule has 1 aliphatic rings. The van der Waals surface area contributed by atoms with Crippen LogP contribution in [0.5, 0.6) is 11.5 Å². The average Bonchev–Trinajstić information content (AvgIpc) is 2.92. The van der Waals surface area contributed by atoms with Crippen molar-refractivity contribution in [1.82, 2.24) is 0 Å². The summed E-state index contributed by atoms with van der Waals surface area (Å²) in [5, 5.41) is 0.